The van der Waals surface area contributed by atoms with Crippen molar-refractivity contribution in [1.29, 1.82) is 0 Å². The summed E-state index contributed by atoms with van der Waals surface area (Å²) in [7, 11) is 3.75. The number of hydrogen-bond acceptors (Lipinski definition) is 3. The summed E-state index contributed by atoms with van der Waals surface area (Å²) >= 11 is 0. The lowest BCUT2D eigenvalue weighted by atomic mass is 10.3. The van der Waals surface area contributed by atoms with Crippen LogP contribution in [0.25, 0.3) is 0 Å². The van der Waals surface area contributed by atoms with Crippen LogP contribution in [0.2, 0.25) is 0 Å². The minimum Gasteiger partial charge on any atom is -0.492 e. The monoisotopic (exact) mass is 287 g/mol. The summed E-state index contributed by atoms with van der Waals surface area (Å²) in [6, 6.07) is 11.7. The van der Waals surface area contributed by atoms with Gasteiger partial charge in [-0.3, -0.25) is 10.1 Å². The fourth-order valence-electron chi connectivity index (χ4n) is 1.87. The van der Waals surface area contributed by atoms with Gasteiger partial charge in [-0.05, 0) is 18.2 Å². The zero-order valence-electron chi connectivity index (χ0n) is 12.4. The lowest BCUT2D eigenvalue weighted by Crippen LogP contribution is -2.40. The first-order valence-electron chi connectivity index (χ1n) is 6.87. The van der Waals surface area contributed by atoms with Crippen LogP contribution in [-0.2, 0) is 6.54 Å². The van der Waals surface area contributed by atoms with Gasteiger partial charge in [0.2, 0.25) is 0 Å². The van der Waals surface area contributed by atoms with E-state index in [9.17, 15) is 0 Å². The molecule has 0 aliphatic heterocycles. The van der Waals surface area contributed by atoms with Crippen LogP contribution in [0.15, 0.2) is 47.6 Å². The number of likely N-dealkylation sites (N-methyl/N-ethyl adjacent to an activating group) is 1. The van der Waals surface area contributed by atoms with E-state index in [1.807, 2.05) is 48.3 Å². The number of nitrogens with zero attached hydrogens (tertiary/aromatic N) is 3. The molecule has 0 amide bonds. The molecule has 112 valence electrons. The smallest absolute Gasteiger partial charge is 0.193 e. The van der Waals surface area contributed by atoms with Crippen LogP contribution in [0.3, 0.4) is 0 Å². The van der Waals surface area contributed by atoms with Gasteiger partial charge in [0.25, 0.3) is 0 Å². The molecule has 2 N–H and O–H groups in total. The first-order valence-corrected chi connectivity index (χ1v) is 6.87. The molecule has 21 heavy (non-hydrogen) atoms. The molecule has 0 saturated heterocycles. The zero-order chi connectivity index (χ0) is 14.9. The van der Waals surface area contributed by atoms with Crippen molar-refractivity contribution in [1.82, 2.24) is 20.4 Å². The predicted molar refractivity (Wildman–Crippen MR) is 83.4 cm³/mol. The van der Waals surface area contributed by atoms with E-state index in [0.717, 1.165) is 23.9 Å². The lowest BCUT2D eigenvalue weighted by Gasteiger charge is -2.21. The van der Waals surface area contributed by atoms with Crippen LogP contribution >= 0.6 is 0 Å². The average Bonchev–Trinajstić information content (AvgIpc) is 3.02. The van der Waals surface area contributed by atoms with Crippen molar-refractivity contribution in [3.8, 4) is 5.75 Å². The summed E-state index contributed by atoms with van der Waals surface area (Å²) in [5.74, 6) is 1.70. The molecular formula is C15H21N5O. The molecular weight excluding hydrogens is 266 g/mol. The highest BCUT2D eigenvalue weighted by atomic mass is 16.5. The second-order valence-electron chi connectivity index (χ2n) is 4.57. The van der Waals surface area contributed by atoms with Crippen molar-refractivity contribution in [2.24, 2.45) is 4.99 Å². The van der Waals surface area contributed by atoms with E-state index in [1.54, 1.807) is 13.2 Å². The Kier molecular flexibility index (Phi) is 5.63. The molecule has 6 nitrogen and oxygen atoms in total. The quantitative estimate of drug-likeness (QED) is 0.624. The van der Waals surface area contributed by atoms with Crippen molar-refractivity contribution in [2.45, 2.75) is 6.54 Å². The standard InChI is InChI=1S/C15H21N5O/c1-16-15(17-12-13-8-9-18-19-13)20(2)10-11-21-14-6-4-3-5-7-14/h3-9H,10-12H2,1-2H3,(H,16,17)(H,18,19). The van der Waals surface area contributed by atoms with Crippen molar-refractivity contribution in [2.75, 3.05) is 27.2 Å². The van der Waals surface area contributed by atoms with E-state index in [2.05, 4.69) is 20.5 Å². The Bertz CT molecular complexity index is 538. The number of benzene rings is 1. The molecule has 0 bridgehead atoms. The topological polar surface area (TPSA) is 65.5 Å². The number of ether oxygens (including phenoxy) is 1. The van der Waals surface area contributed by atoms with Gasteiger partial charge in [0.05, 0.1) is 18.8 Å². The van der Waals surface area contributed by atoms with Gasteiger partial charge in [0.1, 0.15) is 12.4 Å². The maximum absolute atomic E-state index is 5.68. The van der Waals surface area contributed by atoms with Crippen LogP contribution in [0, 0.1) is 0 Å². The second kappa shape index (κ2) is 7.94. The first-order chi connectivity index (χ1) is 10.3. The molecule has 0 unspecified atom stereocenters. The van der Waals surface area contributed by atoms with E-state index < -0.39 is 0 Å². The van der Waals surface area contributed by atoms with E-state index in [4.69, 9.17) is 4.74 Å². The fourth-order valence-corrected chi connectivity index (χ4v) is 1.87. The fraction of sp³-hybridized carbons (Fsp3) is 0.333. The minimum atomic E-state index is 0.602. The van der Waals surface area contributed by atoms with Crippen LogP contribution in [0.4, 0.5) is 0 Å². The summed E-state index contributed by atoms with van der Waals surface area (Å²) in [4.78, 5) is 6.28. The molecule has 6 heteroatoms. The molecule has 0 saturated carbocycles. The Morgan fingerprint density at radius 3 is 2.81 bits per heavy atom. The maximum atomic E-state index is 5.68. The molecule has 0 spiro atoms. The Labute approximate surface area is 124 Å². The largest absolute Gasteiger partial charge is 0.492 e. The number of aliphatic imine (C=N–C) groups is 1. The highest BCUT2D eigenvalue weighted by molar-refractivity contribution is 5.79. The molecule has 2 aromatic rings. The summed E-state index contributed by atoms with van der Waals surface area (Å²) in [5, 5.41) is 10.1. The number of H-pyrrole nitrogens is 1. The number of para-hydroxylation sites is 1. The third-order valence-corrected chi connectivity index (χ3v) is 3.01. The Hall–Kier alpha value is -2.50. The van der Waals surface area contributed by atoms with Gasteiger partial charge >= 0.3 is 0 Å². The molecule has 1 heterocycles. The molecule has 1 aromatic heterocycles. The molecule has 0 radical (unpaired) electrons. The first kappa shape index (κ1) is 14.9. The van der Waals surface area contributed by atoms with Crippen molar-refractivity contribution in [3.05, 3.63) is 48.3 Å². The zero-order valence-corrected chi connectivity index (χ0v) is 12.4. The lowest BCUT2D eigenvalue weighted by molar-refractivity contribution is 0.281. The molecule has 0 aliphatic rings. The highest BCUT2D eigenvalue weighted by Crippen LogP contribution is 2.07. The average molecular weight is 287 g/mol. The summed E-state index contributed by atoms with van der Waals surface area (Å²) < 4.78 is 5.68. The van der Waals surface area contributed by atoms with Gasteiger partial charge in [-0.15, -0.1) is 0 Å². The number of aromatic nitrogens is 2. The Morgan fingerprint density at radius 2 is 2.14 bits per heavy atom. The Morgan fingerprint density at radius 1 is 1.33 bits per heavy atom. The number of aromatic amines is 1. The van der Waals surface area contributed by atoms with Crippen LogP contribution in [-0.4, -0.2) is 48.3 Å². The molecule has 0 atom stereocenters. The van der Waals surface area contributed by atoms with E-state index in [1.165, 1.54) is 0 Å². The third kappa shape index (κ3) is 4.83. The molecule has 0 fully saturated rings. The van der Waals surface area contributed by atoms with Crippen LogP contribution < -0.4 is 10.1 Å². The van der Waals surface area contributed by atoms with E-state index in [-0.39, 0.29) is 0 Å². The number of guanidine groups is 1. The minimum absolute atomic E-state index is 0.602. The predicted octanol–water partition coefficient (Wildman–Crippen LogP) is 1.50. The summed E-state index contributed by atoms with van der Waals surface area (Å²) in [5.41, 5.74) is 1.02. The normalized spacial score (nSPS) is 11.2. The number of hydrogen-bond donors (Lipinski definition) is 2. The highest BCUT2D eigenvalue weighted by Gasteiger charge is 2.06. The molecule has 0 aliphatic carbocycles. The van der Waals surface area contributed by atoms with Gasteiger partial charge in [0.15, 0.2) is 5.96 Å². The van der Waals surface area contributed by atoms with Gasteiger partial charge in [-0.25, -0.2) is 0 Å². The summed E-state index contributed by atoms with van der Waals surface area (Å²) in [6.07, 6.45) is 1.73. The number of rotatable bonds is 6. The Balaban J connectivity index is 1.74. The van der Waals surface area contributed by atoms with Gasteiger partial charge in [-0.2, -0.15) is 5.10 Å². The maximum Gasteiger partial charge on any atom is 0.193 e. The molecule has 2 rings (SSSR count). The second-order valence-corrected chi connectivity index (χ2v) is 4.57. The van der Waals surface area contributed by atoms with Gasteiger partial charge in [0, 0.05) is 20.3 Å². The SMILES string of the molecule is CN=C(NCc1ccn[nH]1)N(C)CCOc1ccccc1. The van der Waals surface area contributed by atoms with Crippen molar-refractivity contribution < 1.29 is 4.74 Å². The van der Waals surface area contributed by atoms with Gasteiger partial charge < -0.3 is 15.0 Å². The van der Waals surface area contributed by atoms with Crippen molar-refractivity contribution in [3.63, 3.8) is 0 Å². The van der Waals surface area contributed by atoms with Crippen LogP contribution in [0.1, 0.15) is 5.69 Å². The molecule has 1 aromatic carbocycles. The van der Waals surface area contributed by atoms with E-state index >= 15 is 0 Å². The summed E-state index contributed by atoms with van der Waals surface area (Å²) in [6.45, 7) is 2.01. The third-order valence-electron chi connectivity index (χ3n) is 3.01. The van der Waals surface area contributed by atoms with Gasteiger partial charge in [-0.1, -0.05) is 18.2 Å². The van der Waals surface area contributed by atoms with Crippen molar-refractivity contribution >= 4 is 5.96 Å². The van der Waals surface area contributed by atoms with Crippen LogP contribution in [0.5, 0.6) is 5.75 Å². The number of nitrogens with one attached hydrogen (secondary N) is 2. The van der Waals surface area contributed by atoms with E-state index in [0.29, 0.717) is 13.2 Å².